The Hall–Kier alpha value is -2.91. The topological polar surface area (TPSA) is 108 Å². The van der Waals surface area contributed by atoms with Crippen LogP contribution in [0.5, 0.6) is 0 Å². The Bertz CT molecular complexity index is 1120. The van der Waals surface area contributed by atoms with Gasteiger partial charge in [0, 0.05) is 36.1 Å². The summed E-state index contributed by atoms with van der Waals surface area (Å²) in [5.74, 6) is 1.45. The number of rotatable bonds is 5. The molecule has 3 aromatic rings. The molecule has 4 heterocycles. The fourth-order valence-corrected chi connectivity index (χ4v) is 4.70. The average Bonchev–Trinajstić information content (AvgIpc) is 3.27. The van der Waals surface area contributed by atoms with Crippen molar-refractivity contribution >= 4 is 45.9 Å². The molecular weight excluding hydrogens is 418 g/mol. The van der Waals surface area contributed by atoms with Gasteiger partial charge >= 0.3 is 5.97 Å². The lowest BCUT2D eigenvalue weighted by atomic mass is 9.85. The van der Waals surface area contributed by atoms with Crippen molar-refractivity contribution in [2.45, 2.75) is 25.9 Å². The molecule has 2 bridgehead atoms. The Morgan fingerprint density at radius 1 is 1.35 bits per heavy atom. The molecular formula is C21H24ClN7O2. The number of halogens is 1. The molecule has 10 heteroatoms. The first-order chi connectivity index (χ1) is 15.0. The highest BCUT2D eigenvalue weighted by Gasteiger charge is 2.49. The van der Waals surface area contributed by atoms with Gasteiger partial charge < -0.3 is 15.0 Å². The van der Waals surface area contributed by atoms with Crippen molar-refractivity contribution in [2.75, 3.05) is 29.9 Å². The second kappa shape index (κ2) is 7.97. The van der Waals surface area contributed by atoms with E-state index >= 15 is 0 Å². The first kappa shape index (κ1) is 20.0. The van der Waals surface area contributed by atoms with Crippen LogP contribution in [0.2, 0.25) is 5.02 Å². The third-order valence-corrected chi connectivity index (χ3v) is 6.51. The van der Waals surface area contributed by atoms with E-state index in [0.29, 0.717) is 35.9 Å². The molecule has 1 aromatic carbocycles. The number of carbonyl (C=O) groups excluding carboxylic acids is 1. The molecule has 2 aliphatic heterocycles. The highest BCUT2D eigenvalue weighted by atomic mass is 35.5. The van der Waals surface area contributed by atoms with Gasteiger partial charge in [-0.15, -0.1) is 0 Å². The normalized spacial score (nSPS) is 25.1. The van der Waals surface area contributed by atoms with E-state index in [-0.39, 0.29) is 24.0 Å². The van der Waals surface area contributed by atoms with Gasteiger partial charge in [-0.05, 0) is 31.0 Å². The number of esters is 1. The summed E-state index contributed by atoms with van der Waals surface area (Å²) in [5, 5.41) is 15.1. The average molecular weight is 442 g/mol. The first-order valence-corrected chi connectivity index (χ1v) is 10.8. The van der Waals surface area contributed by atoms with Gasteiger partial charge in [0.15, 0.2) is 5.82 Å². The summed E-state index contributed by atoms with van der Waals surface area (Å²) in [6.07, 6.45) is 3.38. The summed E-state index contributed by atoms with van der Waals surface area (Å²) in [4.78, 5) is 23.6. The van der Waals surface area contributed by atoms with Gasteiger partial charge in [0.05, 0.1) is 24.5 Å². The lowest BCUT2D eigenvalue weighted by Crippen LogP contribution is -2.46. The summed E-state index contributed by atoms with van der Waals surface area (Å²) >= 11 is 6.38. The van der Waals surface area contributed by atoms with Crippen LogP contribution in [-0.2, 0) is 9.53 Å². The van der Waals surface area contributed by atoms with Crippen LogP contribution < -0.4 is 15.5 Å². The Kier molecular flexibility index (Phi) is 5.15. The largest absolute Gasteiger partial charge is 0.465 e. The molecule has 0 aliphatic carbocycles. The van der Waals surface area contributed by atoms with Crippen molar-refractivity contribution in [3.05, 3.63) is 35.6 Å². The fourth-order valence-electron chi connectivity index (χ4n) is 4.56. The van der Waals surface area contributed by atoms with E-state index < -0.39 is 0 Å². The Morgan fingerprint density at radius 2 is 2.23 bits per heavy atom. The van der Waals surface area contributed by atoms with Crippen LogP contribution in [0.4, 0.5) is 17.5 Å². The smallest absolute Gasteiger partial charge is 0.323 e. The third-order valence-electron chi connectivity index (χ3n) is 6.24. The van der Waals surface area contributed by atoms with Gasteiger partial charge in [-0.1, -0.05) is 18.5 Å². The van der Waals surface area contributed by atoms with Gasteiger partial charge in [-0.3, -0.25) is 15.2 Å². The summed E-state index contributed by atoms with van der Waals surface area (Å²) in [6, 6.07) is 5.75. The van der Waals surface area contributed by atoms with Crippen LogP contribution in [0.1, 0.15) is 13.8 Å². The van der Waals surface area contributed by atoms with Crippen LogP contribution in [0.25, 0.3) is 10.9 Å². The fraction of sp³-hybridized carbons (Fsp3) is 0.429. The van der Waals surface area contributed by atoms with Crippen molar-refractivity contribution in [3.63, 3.8) is 0 Å². The number of benzene rings is 1. The van der Waals surface area contributed by atoms with Crippen molar-refractivity contribution in [1.29, 1.82) is 0 Å². The number of H-pyrrole nitrogens is 1. The number of nitrogens with one attached hydrogen (secondary N) is 3. The van der Waals surface area contributed by atoms with Gasteiger partial charge in [0.1, 0.15) is 11.1 Å². The number of aromatic nitrogens is 4. The first-order valence-electron chi connectivity index (χ1n) is 10.4. The number of carbonyl (C=O) groups is 1. The molecule has 2 aromatic heterocycles. The SMILES string of the molecule is CCOC(=O)[C@H]1N[C@H]2CN(c3ncc(Cl)c(Nc4ccc5[nH]ncc5c4)n3)C[C@H]1[C@@H]2C. The van der Waals surface area contributed by atoms with Crippen LogP contribution in [0.3, 0.4) is 0 Å². The molecule has 2 aliphatic rings. The molecule has 2 saturated heterocycles. The van der Waals surface area contributed by atoms with E-state index in [2.05, 4.69) is 37.6 Å². The number of piperidine rings is 1. The Labute approximate surface area is 184 Å². The lowest BCUT2D eigenvalue weighted by Gasteiger charge is -2.36. The zero-order chi connectivity index (χ0) is 21.5. The molecule has 0 amide bonds. The number of ether oxygens (including phenoxy) is 1. The third kappa shape index (κ3) is 3.68. The van der Waals surface area contributed by atoms with Crippen molar-refractivity contribution < 1.29 is 9.53 Å². The van der Waals surface area contributed by atoms with Crippen LogP contribution in [0.15, 0.2) is 30.6 Å². The second-order valence-corrected chi connectivity index (χ2v) is 8.50. The molecule has 31 heavy (non-hydrogen) atoms. The van der Waals surface area contributed by atoms with Crippen LogP contribution >= 0.6 is 11.6 Å². The molecule has 3 N–H and O–H groups in total. The minimum absolute atomic E-state index is 0.136. The van der Waals surface area contributed by atoms with E-state index in [4.69, 9.17) is 21.3 Å². The van der Waals surface area contributed by atoms with Gasteiger partial charge in [0.2, 0.25) is 5.95 Å². The quantitative estimate of drug-likeness (QED) is 0.519. The number of fused-ring (bicyclic) bond motifs is 3. The zero-order valence-electron chi connectivity index (χ0n) is 17.3. The molecule has 5 rings (SSSR count). The van der Waals surface area contributed by atoms with E-state index in [0.717, 1.165) is 23.1 Å². The zero-order valence-corrected chi connectivity index (χ0v) is 18.1. The van der Waals surface area contributed by atoms with E-state index in [9.17, 15) is 4.79 Å². The second-order valence-electron chi connectivity index (χ2n) is 8.09. The lowest BCUT2D eigenvalue weighted by molar-refractivity contribution is -0.146. The van der Waals surface area contributed by atoms with Crippen molar-refractivity contribution in [3.8, 4) is 0 Å². The highest BCUT2D eigenvalue weighted by Crippen LogP contribution is 2.35. The maximum Gasteiger partial charge on any atom is 0.323 e. The predicted octanol–water partition coefficient (Wildman–Crippen LogP) is 2.73. The van der Waals surface area contributed by atoms with Crippen LogP contribution in [0, 0.1) is 11.8 Å². The molecule has 4 atom stereocenters. The summed E-state index contributed by atoms with van der Waals surface area (Å²) in [7, 11) is 0. The minimum atomic E-state index is -0.295. The van der Waals surface area contributed by atoms with Crippen molar-refractivity contribution in [2.24, 2.45) is 11.8 Å². The standard InChI is InChI=1S/C21H24ClN7O2/c1-3-31-20(30)18-14-9-29(10-17(26-18)11(14)2)21-23-8-15(22)19(27-21)25-13-4-5-16-12(6-13)7-24-28-16/h4-8,11,14,17-18,26H,3,9-10H2,1-2H3,(H,24,28)(H,23,25,27)/t11-,14-,17-,18-/m0/s1. The molecule has 2 fully saturated rings. The highest BCUT2D eigenvalue weighted by molar-refractivity contribution is 6.32. The summed E-state index contributed by atoms with van der Waals surface area (Å²) < 4.78 is 5.26. The van der Waals surface area contributed by atoms with E-state index in [1.807, 2.05) is 25.1 Å². The minimum Gasteiger partial charge on any atom is -0.465 e. The van der Waals surface area contributed by atoms with Crippen molar-refractivity contribution in [1.82, 2.24) is 25.5 Å². The summed E-state index contributed by atoms with van der Waals surface area (Å²) in [6.45, 7) is 5.79. The van der Waals surface area contributed by atoms with Gasteiger partial charge in [-0.2, -0.15) is 10.1 Å². The van der Waals surface area contributed by atoms with Crippen LogP contribution in [-0.4, -0.2) is 57.9 Å². The van der Waals surface area contributed by atoms with E-state index in [1.165, 1.54) is 0 Å². The Morgan fingerprint density at radius 3 is 3.06 bits per heavy atom. The maximum absolute atomic E-state index is 12.4. The maximum atomic E-state index is 12.4. The van der Waals surface area contributed by atoms with Gasteiger partial charge in [-0.25, -0.2) is 4.98 Å². The summed E-state index contributed by atoms with van der Waals surface area (Å²) in [5.41, 5.74) is 1.82. The molecule has 0 spiro atoms. The molecule has 162 valence electrons. The van der Waals surface area contributed by atoms with Gasteiger partial charge in [0.25, 0.3) is 0 Å². The number of hydrogen-bond acceptors (Lipinski definition) is 8. The molecule has 0 saturated carbocycles. The van der Waals surface area contributed by atoms with E-state index in [1.54, 1.807) is 12.4 Å². The number of hydrogen-bond donors (Lipinski definition) is 3. The molecule has 0 unspecified atom stereocenters. The number of nitrogens with zero attached hydrogens (tertiary/aromatic N) is 4. The number of anilines is 3. The predicted molar refractivity (Wildman–Crippen MR) is 119 cm³/mol. The Balaban J connectivity index is 1.37. The number of aromatic amines is 1. The molecule has 9 nitrogen and oxygen atoms in total. The monoisotopic (exact) mass is 441 g/mol. The molecule has 0 radical (unpaired) electrons.